The van der Waals surface area contributed by atoms with Crippen molar-refractivity contribution in [2.45, 2.75) is 51.0 Å². The van der Waals surface area contributed by atoms with Gasteiger partial charge in [0.25, 0.3) is 0 Å². The number of aliphatic hydroxyl groups excluding tert-OH is 1. The highest BCUT2D eigenvalue weighted by Gasteiger charge is 2.24. The Kier molecular flexibility index (Phi) is 4.71. The summed E-state index contributed by atoms with van der Waals surface area (Å²) in [5.41, 5.74) is 3.61. The molecule has 0 unspecified atom stereocenters. The molecule has 0 heterocycles. The van der Waals surface area contributed by atoms with Gasteiger partial charge in [-0.05, 0) is 49.3 Å². The number of aryl methyl sites for hydroxylation is 2. The minimum absolute atomic E-state index is 0.133. The van der Waals surface area contributed by atoms with Crippen LogP contribution >= 0.6 is 0 Å². The van der Waals surface area contributed by atoms with E-state index in [1.807, 2.05) is 6.07 Å². The highest BCUT2D eigenvalue weighted by Crippen LogP contribution is 2.25. The summed E-state index contributed by atoms with van der Waals surface area (Å²) in [4.78, 5) is 14.7. The van der Waals surface area contributed by atoms with Crippen LogP contribution in [0.5, 0.6) is 0 Å². The van der Waals surface area contributed by atoms with Gasteiger partial charge < -0.3 is 5.11 Å². The molecule has 3 nitrogen and oxygen atoms in total. The van der Waals surface area contributed by atoms with Crippen LogP contribution in [0.1, 0.15) is 53.6 Å². The van der Waals surface area contributed by atoms with Crippen molar-refractivity contribution in [3.63, 3.8) is 0 Å². The molecule has 21 heavy (non-hydrogen) atoms. The fourth-order valence-electron chi connectivity index (χ4n) is 3.81. The van der Waals surface area contributed by atoms with E-state index in [0.717, 1.165) is 31.2 Å². The quantitative estimate of drug-likeness (QED) is 0.818. The van der Waals surface area contributed by atoms with Gasteiger partial charge in [-0.3, -0.25) is 9.69 Å². The van der Waals surface area contributed by atoms with E-state index in [4.69, 9.17) is 0 Å². The lowest BCUT2D eigenvalue weighted by Crippen LogP contribution is -2.39. The zero-order valence-electron chi connectivity index (χ0n) is 12.7. The second-order valence-corrected chi connectivity index (χ2v) is 6.39. The van der Waals surface area contributed by atoms with Gasteiger partial charge in [0.2, 0.25) is 0 Å². The van der Waals surface area contributed by atoms with Crippen molar-refractivity contribution in [2.24, 2.45) is 0 Å². The smallest absolute Gasteiger partial charge is 0.176 e. The number of aliphatic hydroxyl groups is 1. The summed E-state index contributed by atoms with van der Waals surface area (Å²) in [6, 6.07) is 6.69. The molecule has 0 spiro atoms. The SMILES string of the molecule is O=C(CN(CCO)C1CCCC1)c1ccc2c(c1)CCC2. The van der Waals surface area contributed by atoms with Gasteiger partial charge >= 0.3 is 0 Å². The lowest BCUT2D eigenvalue weighted by molar-refractivity contribution is 0.0862. The van der Waals surface area contributed by atoms with Crippen LogP contribution in [0, 0.1) is 0 Å². The molecule has 1 fully saturated rings. The van der Waals surface area contributed by atoms with Crippen molar-refractivity contribution >= 4 is 5.78 Å². The average molecular weight is 287 g/mol. The van der Waals surface area contributed by atoms with E-state index in [1.54, 1.807) is 0 Å². The number of hydrogen-bond donors (Lipinski definition) is 1. The number of hydrogen-bond acceptors (Lipinski definition) is 3. The topological polar surface area (TPSA) is 40.5 Å². The highest BCUT2D eigenvalue weighted by atomic mass is 16.3. The van der Waals surface area contributed by atoms with Gasteiger partial charge in [-0.25, -0.2) is 0 Å². The molecule has 2 aliphatic carbocycles. The Balaban J connectivity index is 1.68. The van der Waals surface area contributed by atoms with E-state index in [0.29, 0.717) is 19.1 Å². The maximum absolute atomic E-state index is 12.6. The summed E-state index contributed by atoms with van der Waals surface area (Å²) >= 11 is 0. The molecule has 2 aliphatic rings. The third-order valence-corrected chi connectivity index (χ3v) is 5.00. The van der Waals surface area contributed by atoms with Gasteiger partial charge in [0.15, 0.2) is 5.78 Å². The first kappa shape index (κ1) is 14.7. The lowest BCUT2D eigenvalue weighted by Gasteiger charge is -2.27. The molecule has 0 bridgehead atoms. The Labute approximate surface area is 127 Å². The molecule has 0 aromatic heterocycles. The average Bonchev–Trinajstić information content (AvgIpc) is 3.17. The van der Waals surface area contributed by atoms with E-state index in [1.165, 1.54) is 30.4 Å². The second kappa shape index (κ2) is 6.71. The molecular formula is C18H25NO2. The van der Waals surface area contributed by atoms with Gasteiger partial charge in [-0.15, -0.1) is 0 Å². The predicted octanol–water partition coefficient (Wildman–Crippen LogP) is 2.59. The summed E-state index contributed by atoms with van der Waals surface area (Å²) in [6.07, 6.45) is 8.31. The highest BCUT2D eigenvalue weighted by molar-refractivity contribution is 5.97. The molecule has 1 aromatic rings. The molecule has 1 aromatic carbocycles. The molecule has 0 radical (unpaired) electrons. The van der Waals surface area contributed by atoms with Crippen molar-refractivity contribution in [1.29, 1.82) is 0 Å². The van der Waals surface area contributed by atoms with Crippen LogP contribution in [0.3, 0.4) is 0 Å². The van der Waals surface area contributed by atoms with Crippen molar-refractivity contribution < 1.29 is 9.90 Å². The number of carbonyl (C=O) groups excluding carboxylic acids is 1. The molecule has 0 aliphatic heterocycles. The normalized spacial score (nSPS) is 18.4. The summed E-state index contributed by atoms with van der Waals surface area (Å²) in [7, 11) is 0. The Hall–Kier alpha value is -1.19. The number of fused-ring (bicyclic) bond motifs is 1. The van der Waals surface area contributed by atoms with Crippen molar-refractivity contribution in [3.05, 3.63) is 34.9 Å². The molecule has 3 heteroatoms. The van der Waals surface area contributed by atoms with Crippen LogP contribution in [-0.4, -0.2) is 41.5 Å². The van der Waals surface area contributed by atoms with Gasteiger partial charge in [0, 0.05) is 18.2 Å². The number of ketones is 1. The predicted molar refractivity (Wildman–Crippen MR) is 83.7 cm³/mol. The minimum Gasteiger partial charge on any atom is -0.395 e. The maximum Gasteiger partial charge on any atom is 0.176 e. The molecule has 0 amide bonds. The molecule has 1 saturated carbocycles. The summed E-state index contributed by atoms with van der Waals surface area (Å²) < 4.78 is 0. The summed E-state index contributed by atoms with van der Waals surface area (Å²) in [5, 5.41) is 9.25. The monoisotopic (exact) mass is 287 g/mol. The van der Waals surface area contributed by atoms with E-state index in [9.17, 15) is 9.90 Å². The van der Waals surface area contributed by atoms with E-state index >= 15 is 0 Å². The number of benzene rings is 1. The van der Waals surface area contributed by atoms with Crippen LogP contribution in [0.4, 0.5) is 0 Å². The zero-order valence-corrected chi connectivity index (χ0v) is 12.7. The van der Waals surface area contributed by atoms with E-state index < -0.39 is 0 Å². The molecule has 3 rings (SSSR count). The van der Waals surface area contributed by atoms with Gasteiger partial charge in [-0.1, -0.05) is 25.0 Å². The number of carbonyl (C=O) groups is 1. The minimum atomic E-state index is 0.133. The zero-order chi connectivity index (χ0) is 14.7. The van der Waals surface area contributed by atoms with E-state index in [-0.39, 0.29) is 12.4 Å². The summed E-state index contributed by atoms with van der Waals surface area (Å²) in [5.74, 6) is 0.199. The van der Waals surface area contributed by atoms with Crippen molar-refractivity contribution in [1.82, 2.24) is 4.90 Å². The Morgan fingerprint density at radius 2 is 1.90 bits per heavy atom. The molecule has 0 saturated heterocycles. The molecule has 114 valence electrons. The van der Waals surface area contributed by atoms with Crippen LogP contribution < -0.4 is 0 Å². The maximum atomic E-state index is 12.6. The standard InChI is InChI=1S/C18H25NO2/c20-11-10-19(17-6-1-2-7-17)13-18(21)16-9-8-14-4-3-5-15(14)12-16/h8-9,12,17,20H,1-7,10-11,13H2. The Morgan fingerprint density at radius 1 is 1.14 bits per heavy atom. The number of Topliss-reactive ketones (excluding diaryl/α,β-unsaturated/α-hetero) is 1. The number of nitrogens with zero attached hydrogens (tertiary/aromatic N) is 1. The van der Waals surface area contributed by atoms with Crippen LogP contribution in [0.15, 0.2) is 18.2 Å². The van der Waals surface area contributed by atoms with Crippen molar-refractivity contribution in [2.75, 3.05) is 19.7 Å². The molecule has 0 atom stereocenters. The first-order chi connectivity index (χ1) is 10.3. The third-order valence-electron chi connectivity index (χ3n) is 5.00. The largest absolute Gasteiger partial charge is 0.395 e. The van der Waals surface area contributed by atoms with Gasteiger partial charge in [0.05, 0.1) is 13.2 Å². The lowest BCUT2D eigenvalue weighted by atomic mass is 10.0. The van der Waals surface area contributed by atoms with Crippen LogP contribution in [0.2, 0.25) is 0 Å². The first-order valence-electron chi connectivity index (χ1n) is 8.28. The van der Waals surface area contributed by atoms with Gasteiger partial charge in [-0.2, -0.15) is 0 Å². The first-order valence-corrected chi connectivity index (χ1v) is 8.28. The van der Waals surface area contributed by atoms with Gasteiger partial charge in [0.1, 0.15) is 0 Å². The Bertz CT molecular complexity index is 506. The molecule has 1 N–H and O–H groups in total. The fraction of sp³-hybridized carbons (Fsp3) is 0.611. The number of rotatable bonds is 6. The Morgan fingerprint density at radius 3 is 2.67 bits per heavy atom. The third kappa shape index (κ3) is 3.35. The van der Waals surface area contributed by atoms with Crippen LogP contribution in [-0.2, 0) is 12.8 Å². The second-order valence-electron chi connectivity index (χ2n) is 6.39. The van der Waals surface area contributed by atoms with Crippen LogP contribution in [0.25, 0.3) is 0 Å². The summed E-state index contributed by atoms with van der Waals surface area (Å²) in [6.45, 7) is 1.19. The fourth-order valence-corrected chi connectivity index (χ4v) is 3.81. The molecular weight excluding hydrogens is 262 g/mol. The van der Waals surface area contributed by atoms with E-state index in [2.05, 4.69) is 17.0 Å². The van der Waals surface area contributed by atoms with Crippen molar-refractivity contribution in [3.8, 4) is 0 Å².